The maximum absolute atomic E-state index is 11.1. The van der Waals surface area contributed by atoms with Crippen LogP contribution in [0, 0.1) is 0 Å². The first-order valence-electron chi connectivity index (χ1n) is 3.16. The maximum atomic E-state index is 11.1. The van der Waals surface area contributed by atoms with Gasteiger partial charge in [-0.1, -0.05) is 0 Å². The van der Waals surface area contributed by atoms with Crippen LogP contribution in [-0.2, 0) is 0 Å². The number of aldehydes is 1. The quantitative estimate of drug-likeness (QED) is 0.638. The van der Waals surface area contributed by atoms with Gasteiger partial charge in [0, 0.05) is 5.38 Å². The first-order chi connectivity index (χ1) is 5.33. The van der Waals surface area contributed by atoms with Crippen LogP contribution in [0.3, 0.4) is 0 Å². The number of hydrogen-bond donors (Lipinski definition) is 1. The Morgan fingerprint density at radius 3 is 3.18 bits per heavy atom. The molecule has 2 heterocycles. The van der Waals surface area contributed by atoms with Crippen molar-refractivity contribution in [1.29, 1.82) is 0 Å². The summed E-state index contributed by atoms with van der Waals surface area (Å²) in [4.78, 5) is 22.0. The highest BCUT2D eigenvalue weighted by Crippen LogP contribution is 2.30. The summed E-state index contributed by atoms with van der Waals surface area (Å²) < 4.78 is 0. The van der Waals surface area contributed by atoms with Crippen LogP contribution < -0.4 is 5.32 Å². The van der Waals surface area contributed by atoms with E-state index >= 15 is 0 Å². The molecule has 1 aliphatic heterocycles. The highest BCUT2D eigenvalue weighted by molar-refractivity contribution is 7.12. The van der Waals surface area contributed by atoms with Gasteiger partial charge < -0.3 is 5.32 Å². The zero-order chi connectivity index (χ0) is 7.84. The summed E-state index contributed by atoms with van der Waals surface area (Å²) in [6, 6.07) is 0. The summed E-state index contributed by atoms with van der Waals surface area (Å²) in [5.74, 6) is 0.0170. The first kappa shape index (κ1) is 6.54. The number of fused-ring (bicyclic) bond motifs is 1. The molecule has 0 radical (unpaired) electrons. The van der Waals surface area contributed by atoms with Gasteiger partial charge in [-0.2, -0.15) is 0 Å². The Morgan fingerprint density at radius 1 is 1.64 bits per heavy atom. The van der Waals surface area contributed by atoms with Gasteiger partial charge in [0.2, 0.25) is 0 Å². The lowest BCUT2D eigenvalue weighted by atomic mass is 10.2. The fourth-order valence-corrected chi connectivity index (χ4v) is 1.98. The van der Waals surface area contributed by atoms with Gasteiger partial charge in [-0.25, -0.2) is 0 Å². The van der Waals surface area contributed by atoms with Crippen LogP contribution in [0.4, 0.5) is 5.69 Å². The van der Waals surface area contributed by atoms with E-state index in [1.807, 2.05) is 0 Å². The molecule has 1 N–H and O–H groups in total. The molecule has 0 aliphatic carbocycles. The van der Waals surface area contributed by atoms with Crippen molar-refractivity contribution in [3.05, 3.63) is 15.8 Å². The fourth-order valence-electron chi connectivity index (χ4n) is 1.14. The van der Waals surface area contributed by atoms with Gasteiger partial charge in [-0.3, -0.25) is 9.59 Å². The summed E-state index contributed by atoms with van der Waals surface area (Å²) >= 11 is 1.30. The van der Waals surface area contributed by atoms with Crippen molar-refractivity contribution in [2.75, 3.05) is 11.9 Å². The van der Waals surface area contributed by atoms with E-state index in [0.717, 1.165) is 12.0 Å². The van der Waals surface area contributed by atoms with Gasteiger partial charge in [0.25, 0.3) is 0 Å². The predicted molar refractivity (Wildman–Crippen MR) is 42.5 cm³/mol. The monoisotopic (exact) mass is 167 g/mol. The van der Waals surface area contributed by atoms with Gasteiger partial charge in [0.15, 0.2) is 12.1 Å². The molecule has 0 saturated heterocycles. The van der Waals surface area contributed by atoms with E-state index in [9.17, 15) is 9.59 Å². The molecule has 11 heavy (non-hydrogen) atoms. The second-order valence-electron chi connectivity index (χ2n) is 2.28. The highest BCUT2D eigenvalue weighted by Gasteiger charge is 2.23. The number of carbonyl (C=O) groups is 2. The Bertz CT molecular complexity index is 329. The van der Waals surface area contributed by atoms with Crippen molar-refractivity contribution in [2.45, 2.75) is 0 Å². The number of hydrogen-bond acceptors (Lipinski definition) is 4. The van der Waals surface area contributed by atoms with E-state index in [0.29, 0.717) is 17.0 Å². The van der Waals surface area contributed by atoms with E-state index in [-0.39, 0.29) is 5.78 Å². The fraction of sp³-hybridized carbons (Fsp3) is 0.143. The van der Waals surface area contributed by atoms with Gasteiger partial charge in [-0.15, -0.1) is 11.3 Å². The largest absolute Gasteiger partial charge is 0.376 e. The highest BCUT2D eigenvalue weighted by atomic mass is 32.1. The molecule has 1 aromatic rings. The number of Topliss-reactive ketones (excluding diaryl/α,β-unsaturated/α-hetero) is 1. The third-order valence-electron chi connectivity index (χ3n) is 1.64. The molecule has 1 aliphatic rings. The first-order valence-corrected chi connectivity index (χ1v) is 4.04. The third kappa shape index (κ3) is 0.793. The average Bonchev–Trinajstić information content (AvgIpc) is 2.54. The standard InChI is InChI=1S/C7H5NO2S/c9-2-6-7-4(3-11-6)8-1-5(7)10/h2-3,8H,1H2. The van der Waals surface area contributed by atoms with Crippen LogP contribution in [0.5, 0.6) is 0 Å². The molecule has 0 bridgehead atoms. The van der Waals surface area contributed by atoms with Crippen LogP contribution >= 0.6 is 11.3 Å². The topological polar surface area (TPSA) is 46.2 Å². The number of nitrogens with one attached hydrogen (secondary N) is 1. The molecule has 0 spiro atoms. The van der Waals surface area contributed by atoms with Crippen LogP contribution in [0.1, 0.15) is 20.0 Å². The minimum Gasteiger partial charge on any atom is -0.376 e. The Labute approximate surface area is 67.0 Å². The molecule has 0 fully saturated rings. The van der Waals surface area contributed by atoms with Crippen molar-refractivity contribution in [1.82, 2.24) is 0 Å². The molecule has 0 aromatic carbocycles. The summed E-state index contributed by atoms with van der Waals surface area (Å²) in [5.41, 5.74) is 1.38. The van der Waals surface area contributed by atoms with Gasteiger partial charge in [0.05, 0.1) is 22.7 Å². The number of carbonyl (C=O) groups excluding carboxylic acids is 2. The van der Waals surface area contributed by atoms with Crippen LogP contribution in [0.25, 0.3) is 0 Å². The molecule has 4 heteroatoms. The zero-order valence-electron chi connectivity index (χ0n) is 5.59. The predicted octanol–water partition coefficient (Wildman–Crippen LogP) is 1.17. The Morgan fingerprint density at radius 2 is 2.45 bits per heavy atom. The lowest BCUT2D eigenvalue weighted by molar-refractivity contribution is 0.101. The Hall–Kier alpha value is -1.16. The van der Waals surface area contributed by atoms with Crippen LogP contribution in [-0.4, -0.2) is 18.6 Å². The maximum Gasteiger partial charge on any atom is 0.185 e. The van der Waals surface area contributed by atoms with E-state index in [2.05, 4.69) is 5.32 Å². The third-order valence-corrected chi connectivity index (χ3v) is 2.55. The zero-order valence-corrected chi connectivity index (χ0v) is 6.40. The second kappa shape index (κ2) is 2.17. The number of anilines is 1. The van der Waals surface area contributed by atoms with Gasteiger partial charge in [-0.05, 0) is 0 Å². The van der Waals surface area contributed by atoms with Crippen LogP contribution in [0.15, 0.2) is 5.38 Å². The molecule has 0 unspecified atom stereocenters. The normalized spacial score (nSPS) is 14.4. The SMILES string of the molecule is O=Cc1scc2c1C(=O)CN2. The number of thiophene rings is 1. The second-order valence-corrected chi connectivity index (χ2v) is 3.19. The molecule has 1 aromatic heterocycles. The minimum absolute atomic E-state index is 0.0170. The van der Waals surface area contributed by atoms with Crippen molar-refractivity contribution in [3.8, 4) is 0 Å². The molecule has 2 rings (SSSR count). The molecule has 0 saturated carbocycles. The molecule has 0 atom stereocenters. The number of ketones is 1. The van der Waals surface area contributed by atoms with Gasteiger partial charge in [0.1, 0.15) is 0 Å². The Kier molecular flexibility index (Phi) is 1.29. The van der Waals surface area contributed by atoms with E-state index in [4.69, 9.17) is 0 Å². The smallest absolute Gasteiger partial charge is 0.185 e. The average molecular weight is 167 g/mol. The summed E-state index contributed by atoms with van der Waals surface area (Å²) in [7, 11) is 0. The lowest BCUT2D eigenvalue weighted by Crippen LogP contribution is -2.02. The summed E-state index contributed by atoms with van der Waals surface area (Å²) in [5, 5.41) is 4.70. The van der Waals surface area contributed by atoms with E-state index in [1.165, 1.54) is 11.3 Å². The minimum atomic E-state index is 0.0170. The van der Waals surface area contributed by atoms with Crippen LogP contribution in [0.2, 0.25) is 0 Å². The van der Waals surface area contributed by atoms with Crippen molar-refractivity contribution in [2.24, 2.45) is 0 Å². The molecular weight excluding hydrogens is 162 g/mol. The molecule has 56 valence electrons. The van der Waals surface area contributed by atoms with Crippen molar-refractivity contribution < 1.29 is 9.59 Å². The van der Waals surface area contributed by atoms with Gasteiger partial charge >= 0.3 is 0 Å². The summed E-state index contributed by atoms with van der Waals surface area (Å²) in [6.45, 7) is 0.332. The lowest BCUT2D eigenvalue weighted by Gasteiger charge is -1.84. The Balaban J connectivity index is 2.63. The van der Waals surface area contributed by atoms with E-state index < -0.39 is 0 Å². The number of rotatable bonds is 1. The molecule has 3 nitrogen and oxygen atoms in total. The molecular formula is C7H5NO2S. The van der Waals surface area contributed by atoms with Crippen molar-refractivity contribution in [3.63, 3.8) is 0 Å². The van der Waals surface area contributed by atoms with Crippen molar-refractivity contribution >= 4 is 29.1 Å². The molecule has 0 amide bonds. The van der Waals surface area contributed by atoms with E-state index in [1.54, 1.807) is 5.38 Å². The summed E-state index contributed by atoms with van der Waals surface area (Å²) in [6.07, 6.45) is 0.731.